The molecule has 0 saturated heterocycles. The largest absolute Gasteiger partial charge is 0.454 e. The molecule has 2 heterocycles. The molecule has 0 spiro atoms. The molecule has 0 aliphatic carbocycles. The maximum atomic E-state index is 5.95. The van der Waals surface area contributed by atoms with Crippen molar-refractivity contribution in [3.8, 4) is 34.0 Å². The van der Waals surface area contributed by atoms with E-state index in [2.05, 4.69) is 42.0 Å². The minimum atomic E-state index is 0.249. The van der Waals surface area contributed by atoms with Crippen molar-refractivity contribution in [1.29, 1.82) is 0 Å². The van der Waals surface area contributed by atoms with Crippen molar-refractivity contribution >= 4 is 5.95 Å². The summed E-state index contributed by atoms with van der Waals surface area (Å²) >= 11 is 0. The second-order valence-electron chi connectivity index (χ2n) is 5.88. The molecule has 0 saturated carbocycles. The number of nitrogen functional groups attached to an aromatic ring is 1. The number of hydrogen-bond acceptors (Lipinski definition) is 5. The zero-order valence-electron chi connectivity index (χ0n) is 13.5. The van der Waals surface area contributed by atoms with Crippen molar-refractivity contribution in [2.24, 2.45) is 0 Å². The molecule has 0 radical (unpaired) electrons. The summed E-state index contributed by atoms with van der Waals surface area (Å²) in [6, 6.07) is 14.0. The van der Waals surface area contributed by atoms with Crippen molar-refractivity contribution in [2.45, 2.75) is 13.8 Å². The molecule has 4 rings (SSSR count). The third-order valence-corrected chi connectivity index (χ3v) is 4.07. The van der Waals surface area contributed by atoms with E-state index in [4.69, 9.17) is 15.2 Å². The van der Waals surface area contributed by atoms with Crippen molar-refractivity contribution in [3.05, 3.63) is 53.6 Å². The van der Waals surface area contributed by atoms with Crippen LogP contribution in [-0.4, -0.2) is 16.8 Å². The highest BCUT2D eigenvalue weighted by atomic mass is 16.7. The number of fused-ring (bicyclic) bond motifs is 1. The van der Waals surface area contributed by atoms with Crippen LogP contribution in [0.4, 0.5) is 5.95 Å². The van der Waals surface area contributed by atoms with Gasteiger partial charge >= 0.3 is 0 Å². The number of anilines is 1. The average Bonchev–Trinajstić information content (AvgIpc) is 3.01. The lowest BCUT2D eigenvalue weighted by atomic mass is 10.0. The van der Waals surface area contributed by atoms with E-state index in [9.17, 15) is 0 Å². The second-order valence-corrected chi connectivity index (χ2v) is 5.88. The van der Waals surface area contributed by atoms with Crippen LogP contribution < -0.4 is 15.2 Å². The Morgan fingerprint density at radius 2 is 1.67 bits per heavy atom. The Balaban J connectivity index is 1.82. The molecule has 5 nitrogen and oxygen atoms in total. The van der Waals surface area contributed by atoms with Crippen LogP contribution in [0, 0.1) is 13.8 Å². The Bertz CT molecular complexity index is 938. The fourth-order valence-electron chi connectivity index (χ4n) is 2.91. The lowest BCUT2D eigenvalue weighted by Crippen LogP contribution is -1.99. The number of rotatable bonds is 2. The predicted octanol–water partition coefficient (Wildman–Crippen LogP) is 3.74. The van der Waals surface area contributed by atoms with Gasteiger partial charge in [-0.15, -0.1) is 0 Å². The molecular formula is C19H17N3O2. The van der Waals surface area contributed by atoms with Crippen LogP contribution in [0.2, 0.25) is 0 Å². The molecule has 0 fully saturated rings. The number of nitrogens with zero attached hydrogens (tertiary/aromatic N) is 2. The van der Waals surface area contributed by atoms with Crippen LogP contribution in [0.25, 0.3) is 22.5 Å². The molecule has 3 aromatic rings. The molecule has 24 heavy (non-hydrogen) atoms. The smallest absolute Gasteiger partial charge is 0.231 e. The van der Waals surface area contributed by atoms with Gasteiger partial charge in [-0.3, -0.25) is 0 Å². The van der Waals surface area contributed by atoms with Crippen LogP contribution in [0.5, 0.6) is 11.5 Å². The first-order valence-electron chi connectivity index (χ1n) is 7.72. The normalized spacial score (nSPS) is 12.4. The Kier molecular flexibility index (Phi) is 3.34. The van der Waals surface area contributed by atoms with Crippen LogP contribution in [0.15, 0.2) is 42.5 Å². The van der Waals surface area contributed by atoms with Gasteiger partial charge in [-0.25, -0.2) is 9.97 Å². The van der Waals surface area contributed by atoms with E-state index in [0.29, 0.717) is 0 Å². The first-order valence-corrected chi connectivity index (χ1v) is 7.72. The fourth-order valence-corrected chi connectivity index (χ4v) is 2.91. The summed E-state index contributed by atoms with van der Waals surface area (Å²) in [6.45, 7) is 4.39. The van der Waals surface area contributed by atoms with Gasteiger partial charge in [0, 0.05) is 11.1 Å². The molecule has 0 bridgehead atoms. The van der Waals surface area contributed by atoms with Crippen molar-refractivity contribution < 1.29 is 9.47 Å². The number of benzene rings is 2. The molecular weight excluding hydrogens is 302 g/mol. The monoisotopic (exact) mass is 319 g/mol. The topological polar surface area (TPSA) is 70.3 Å². The maximum Gasteiger partial charge on any atom is 0.231 e. The van der Waals surface area contributed by atoms with E-state index >= 15 is 0 Å². The van der Waals surface area contributed by atoms with E-state index < -0.39 is 0 Å². The van der Waals surface area contributed by atoms with Gasteiger partial charge in [0.15, 0.2) is 11.5 Å². The van der Waals surface area contributed by atoms with E-state index in [-0.39, 0.29) is 12.7 Å². The molecule has 1 aliphatic rings. The van der Waals surface area contributed by atoms with Crippen LogP contribution >= 0.6 is 0 Å². The van der Waals surface area contributed by atoms with Gasteiger partial charge in [-0.05, 0) is 43.7 Å². The predicted molar refractivity (Wildman–Crippen MR) is 92.9 cm³/mol. The molecule has 5 heteroatoms. The first-order chi connectivity index (χ1) is 11.6. The lowest BCUT2D eigenvalue weighted by Gasteiger charge is -2.10. The zero-order chi connectivity index (χ0) is 16.7. The van der Waals surface area contributed by atoms with Gasteiger partial charge in [0.05, 0.1) is 11.4 Å². The molecule has 2 N–H and O–H groups in total. The van der Waals surface area contributed by atoms with Crippen molar-refractivity contribution in [3.63, 3.8) is 0 Å². The minimum Gasteiger partial charge on any atom is -0.454 e. The summed E-state index contributed by atoms with van der Waals surface area (Å²) in [6.07, 6.45) is 0. The average molecular weight is 319 g/mol. The highest BCUT2D eigenvalue weighted by Gasteiger charge is 2.15. The Morgan fingerprint density at radius 3 is 2.50 bits per heavy atom. The number of aryl methyl sites for hydroxylation is 2. The highest BCUT2D eigenvalue weighted by Crippen LogP contribution is 2.36. The van der Waals surface area contributed by atoms with Gasteiger partial charge in [-0.1, -0.05) is 23.8 Å². The summed E-state index contributed by atoms with van der Waals surface area (Å²) in [5.74, 6) is 1.72. The van der Waals surface area contributed by atoms with Crippen LogP contribution in [-0.2, 0) is 0 Å². The molecule has 1 aromatic heterocycles. The Morgan fingerprint density at radius 1 is 0.875 bits per heavy atom. The summed E-state index contributed by atoms with van der Waals surface area (Å²) in [5.41, 5.74) is 11.9. The quantitative estimate of drug-likeness (QED) is 0.779. The molecule has 0 atom stereocenters. The van der Waals surface area contributed by atoms with E-state index in [0.717, 1.165) is 39.6 Å². The molecule has 0 amide bonds. The molecule has 0 unspecified atom stereocenters. The third-order valence-electron chi connectivity index (χ3n) is 4.07. The van der Waals surface area contributed by atoms with Gasteiger partial charge in [0.25, 0.3) is 0 Å². The number of hydrogen-bond donors (Lipinski definition) is 1. The Hall–Kier alpha value is -3.08. The maximum absolute atomic E-state index is 5.95. The Labute approximate surface area is 140 Å². The number of nitrogens with two attached hydrogens (primary N) is 1. The van der Waals surface area contributed by atoms with Crippen molar-refractivity contribution in [1.82, 2.24) is 9.97 Å². The standard InChI is InChI=1S/C19H17N3O2/c1-11-3-5-14(12(2)7-11)16-9-15(21-19(20)22-16)13-4-6-17-18(8-13)24-10-23-17/h3-9H,10H2,1-2H3,(H2,20,21,22). The number of ether oxygens (including phenoxy) is 2. The first kappa shape index (κ1) is 14.5. The third kappa shape index (κ3) is 2.54. The van der Waals surface area contributed by atoms with E-state index in [1.807, 2.05) is 24.3 Å². The van der Waals surface area contributed by atoms with Gasteiger partial charge in [-0.2, -0.15) is 0 Å². The van der Waals surface area contributed by atoms with Gasteiger partial charge in [0.1, 0.15) is 0 Å². The van der Waals surface area contributed by atoms with Crippen LogP contribution in [0.1, 0.15) is 11.1 Å². The minimum absolute atomic E-state index is 0.249. The summed E-state index contributed by atoms with van der Waals surface area (Å²) in [7, 11) is 0. The summed E-state index contributed by atoms with van der Waals surface area (Å²) in [4.78, 5) is 8.78. The summed E-state index contributed by atoms with van der Waals surface area (Å²) < 4.78 is 10.8. The molecule has 2 aromatic carbocycles. The van der Waals surface area contributed by atoms with Gasteiger partial charge in [0.2, 0.25) is 12.7 Å². The molecule has 1 aliphatic heterocycles. The second kappa shape index (κ2) is 5.53. The van der Waals surface area contributed by atoms with E-state index in [1.165, 1.54) is 5.56 Å². The summed E-state index contributed by atoms with van der Waals surface area (Å²) in [5, 5.41) is 0. The fraction of sp³-hybridized carbons (Fsp3) is 0.158. The van der Waals surface area contributed by atoms with Crippen molar-refractivity contribution in [2.75, 3.05) is 12.5 Å². The van der Waals surface area contributed by atoms with E-state index in [1.54, 1.807) is 0 Å². The van der Waals surface area contributed by atoms with Gasteiger partial charge < -0.3 is 15.2 Å². The zero-order valence-corrected chi connectivity index (χ0v) is 13.5. The van der Waals surface area contributed by atoms with Crippen LogP contribution in [0.3, 0.4) is 0 Å². The molecule has 120 valence electrons. The number of aromatic nitrogens is 2. The SMILES string of the molecule is Cc1ccc(-c2cc(-c3ccc4c(c3)OCO4)nc(N)n2)c(C)c1. The highest BCUT2D eigenvalue weighted by molar-refractivity contribution is 5.72. The lowest BCUT2D eigenvalue weighted by molar-refractivity contribution is 0.174.